The first-order valence-corrected chi connectivity index (χ1v) is 8.63. The number of guanidine groups is 1. The van der Waals surface area contributed by atoms with Crippen molar-refractivity contribution in [1.29, 1.82) is 0 Å². The monoisotopic (exact) mass is 361 g/mol. The number of hydrogen-bond acceptors (Lipinski definition) is 3. The predicted molar refractivity (Wildman–Crippen MR) is 103 cm³/mol. The SMILES string of the molecule is CCNC(=NCc1ccc(OC)c(O)c1)NCCc1ccccc1Cl. The van der Waals surface area contributed by atoms with Crippen molar-refractivity contribution in [1.82, 2.24) is 10.6 Å². The molecule has 0 fully saturated rings. The number of methoxy groups -OCH3 is 1. The van der Waals surface area contributed by atoms with Crippen molar-refractivity contribution in [3.63, 3.8) is 0 Å². The van der Waals surface area contributed by atoms with E-state index in [1.54, 1.807) is 12.1 Å². The lowest BCUT2D eigenvalue weighted by Crippen LogP contribution is -2.38. The lowest BCUT2D eigenvalue weighted by Gasteiger charge is -2.12. The van der Waals surface area contributed by atoms with Gasteiger partial charge in [-0.15, -0.1) is 0 Å². The number of aromatic hydroxyl groups is 1. The molecule has 6 heteroatoms. The second kappa shape index (κ2) is 9.79. The number of rotatable bonds is 7. The first-order chi connectivity index (χ1) is 12.1. The molecule has 0 unspecified atom stereocenters. The molecule has 0 spiro atoms. The van der Waals surface area contributed by atoms with Gasteiger partial charge in [-0.1, -0.05) is 35.9 Å². The van der Waals surface area contributed by atoms with Crippen molar-refractivity contribution in [3.8, 4) is 11.5 Å². The second-order valence-corrected chi connectivity index (χ2v) is 5.88. The number of hydrogen-bond donors (Lipinski definition) is 3. The van der Waals surface area contributed by atoms with E-state index in [2.05, 4.69) is 15.6 Å². The van der Waals surface area contributed by atoms with Crippen LogP contribution in [-0.2, 0) is 13.0 Å². The maximum Gasteiger partial charge on any atom is 0.191 e. The summed E-state index contributed by atoms with van der Waals surface area (Å²) in [7, 11) is 1.53. The molecular formula is C19H24ClN3O2. The first-order valence-electron chi connectivity index (χ1n) is 8.25. The van der Waals surface area contributed by atoms with E-state index in [1.165, 1.54) is 7.11 Å². The average molecular weight is 362 g/mol. The van der Waals surface area contributed by atoms with E-state index >= 15 is 0 Å². The van der Waals surface area contributed by atoms with E-state index in [-0.39, 0.29) is 5.75 Å². The highest BCUT2D eigenvalue weighted by atomic mass is 35.5. The van der Waals surface area contributed by atoms with E-state index in [4.69, 9.17) is 16.3 Å². The Bertz CT molecular complexity index is 720. The average Bonchev–Trinajstić information content (AvgIpc) is 2.61. The molecule has 0 bridgehead atoms. The number of phenols is 1. The van der Waals surface area contributed by atoms with Gasteiger partial charge in [0.2, 0.25) is 0 Å². The molecule has 0 radical (unpaired) electrons. The molecule has 5 nitrogen and oxygen atoms in total. The van der Waals surface area contributed by atoms with Crippen LogP contribution in [0.15, 0.2) is 47.5 Å². The van der Waals surface area contributed by atoms with Crippen LogP contribution in [0.4, 0.5) is 0 Å². The number of aliphatic imine (C=N–C) groups is 1. The maximum absolute atomic E-state index is 9.84. The Morgan fingerprint density at radius 2 is 2.00 bits per heavy atom. The van der Waals surface area contributed by atoms with Gasteiger partial charge in [0.1, 0.15) is 0 Å². The molecule has 2 aromatic carbocycles. The van der Waals surface area contributed by atoms with Crippen LogP contribution >= 0.6 is 11.6 Å². The van der Waals surface area contributed by atoms with Gasteiger partial charge in [0.15, 0.2) is 17.5 Å². The summed E-state index contributed by atoms with van der Waals surface area (Å²) in [6.45, 7) is 3.97. The Kier molecular flexibility index (Phi) is 7.41. The second-order valence-electron chi connectivity index (χ2n) is 5.47. The van der Waals surface area contributed by atoms with Crippen LogP contribution < -0.4 is 15.4 Å². The third-order valence-electron chi connectivity index (χ3n) is 3.65. The molecule has 25 heavy (non-hydrogen) atoms. The zero-order valence-electron chi connectivity index (χ0n) is 14.6. The van der Waals surface area contributed by atoms with Gasteiger partial charge in [-0.25, -0.2) is 4.99 Å². The molecule has 0 atom stereocenters. The summed E-state index contributed by atoms with van der Waals surface area (Å²) in [4.78, 5) is 4.54. The lowest BCUT2D eigenvalue weighted by atomic mass is 10.1. The molecule has 0 saturated heterocycles. The molecule has 0 aromatic heterocycles. The summed E-state index contributed by atoms with van der Waals surface area (Å²) in [5, 5.41) is 17.1. The molecule has 0 aliphatic rings. The van der Waals surface area contributed by atoms with Crippen molar-refractivity contribution in [2.75, 3.05) is 20.2 Å². The fraction of sp³-hybridized carbons (Fsp3) is 0.316. The van der Waals surface area contributed by atoms with Crippen molar-refractivity contribution in [2.45, 2.75) is 19.9 Å². The van der Waals surface area contributed by atoms with Crippen molar-refractivity contribution in [3.05, 3.63) is 58.6 Å². The topological polar surface area (TPSA) is 65.9 Å². The number of phenolic OH excluding ortho intramolecular Hbond substituents is 1. The predicted octanol–water partition coefficient (Wildman–Crippen LogP) is 3.35. The Balaban J connectivity index is 1.93. The normalized spacial score (nSPS) is 11.2. The fourth-order valence-corrected chi connectivity index (χ4v) is 2.59. The zero-order valence-corrected chi connectivity index (χ0v) is 15.3. The van der Waals surface area contributed by atoms with Crippen LogP contribution in [-0.4, -0.2) is 31.3 Å². The summed E-state index contributed by atoms with van der Waals surface area (Å²) in [6.07, 6.45) is 0.813. The Hall–Kier alpha value is -2.40. The number of halogens is 1. The summed E-state index contributed by atoms with van der Waals surface area (Å²) >= 11 is 6.17. The smallest absolute Gasteiger partial charge is 0.191 e. The molecule has 0 heterocycles. The summed E-state index contributed by atoms with van der Waals surface area (Å²) in [5.74, 6) is 1.30. The van der Waals surface area contributed by atoms with E-state index < -0.39 is 0 Å². The standard InChI is InChI=1S/C19H24ClN3O2/c1-3-21-19(22-11-10-15-6-4-5-7-16(15)20)23-13-14-8-9-18(25-2)17(24)12-14/h4-9,12,24H,3,10-11,13H2,1-2H3,(H2,21,22,23). The van der Waals surface area contributed by atoms with Crippen LogP contribution in [0.5, 0.6) is 11.5 Å². The Morgan fingerprint density at radius 1 is 1.20 bits per heavy atom. The van der Waals surface area contributed by atoms with Crippen LogP contribution in [0, 0.1) is 0 Å². The highest BCUT2D eigenvalue weighted by molar-refractivity contribution is 6.31. The summed E-state index contributed by atoms with van der Waals surface area (Å²) in [6, 6.07) is 13.1. The lowest BCUT2D eigenvalue weighted by molar-refractivity contribution is 0.373. The van der Waals surface area contributed by atoms with Gasteiger partial charge in [-0.2, -0.15) is 0 Å². The molecule has 2 rings (SSSR count). The summed E-state index contributed by atoms with van der Waals surface area (Å²) < 4.78 is 5.05. The number of benzene rings is 2. The van der Waals surface area contributed by atoms with Crippen molar-refractivity contribution >= 4 is 17.6 Å². The minimum Gasteiger partial charge on any atom is -0.504 e. The van der Waals surface area contributed by atoms with Crippen LogP contribution in [0.25, 0.3) is 0 Å². The van der Waals surface area contributed by atoms with Gasteiger partial charge < -0.3 is 20.5 Å². The van der Waals surface area contributed by atoms with Crippen LogP contribution in [0.2, 0.25) is 5.02 Å². The molecule has 0 saturated carbocycles. The van der Waals surface area contributed by atoms with Gasteiger partial charge in [-0.3, -0.25) is 0 Å². The van der Waals surface area contributed by atoms with E-state index in [0.717, 1.165) is 41.6 Å². The molecule has 0 amide bonds. The van der Waals surface area contributed by atoms with Crippen LogP contribution in [0.1, 0.15) is 18.1 Å². The van der Waals surface area contributed by atoms with Gasteiger partial charge in [0.05, 0.1) is 13.7 Å². The largest absolute Gasteiger partial charge is 0.504 e. The van der Waals surface area contributed by atoms with Crippen LogP contribution in [0.3, 0.4) is 0 Å². The highest BCUT2D eigenvalue weighted by Gasteiger charge is 2.04. The minimum absolute atomic E-state index is 0.117. The minimum atomic E-state index is 0.117. The zero-order chi connectivity index (χ0) is 18.1. The third kappa shape index (κ3) is 5.87. The molecule has 0 aliphatic carbocycles. The van der Waals surface area contributed by atoms with Crippen molar-refractivity contribution in [2.24, 2.45) is 4.99 Å². The Labute approximate surface area is 153 Å². The van der Waals surface area contributed by atoms with Crippen molar-refractivity contribution < 1.29 is 9.84 Å². The maximum atomic E-state index is 9.84. The molecule has 3 N–H and O–H groups in total. The third-order valence-corrected chi connectivity index (χ3v) is 4.02. The first kappa shape index (κ1) is 18.9. The van der Waals surface area contributed by atoms with E-state index in [9.17, 15) is 5.11 Å². The number of nitrogens with zero attached hydrogens (tertiary/aromatic N) is 1. The quantitative estimate of drug-likeness (QED) is 0.522. The molecule has 0 aliphatic heterocycles. The number of ether oxygens (including phenoxy) is 1. The molecular weight excluding hydrogens is 338 g/mol. The van der Waals surface area contributed by atoms with E-state index in [1.807, 2.05) is 37.3 Å². The molecule has 2 aromatic rings. The van der Waals surface area contributed by atoms with Gasteiger partial charge >= 0.3 is 0 Å². The van der Waals surface area contributed by atoms with Gasteiger partial charge in [0, 0.05) is 18.1 Å². The van der Waals surface area contributed by atoms with Gasteiger partial charge in [-0.05, 0) is 42.7 Å². The van der Waals surface area contributed by atoms with E-state index in [0.29, 0.717) is 12.3 Å². The number of nitrogens with one attached hydrogen (secondary N) is 2. The molecule has 134 valence electrons. The fourth-order valence-electron chi connectivity index (χ4n) is 2.36. The highest BCUT2D eigenvalue weighted by Crippen LogP contribution is 2.26. The summed E-state index contributed by atoms with van der Waals surface area (Å²) in [5.41, 5.74) is 2.01. The van der Waals surface area contributed by atoms with Gasteiger partial charge in [0.25, 0.3) is 0 Å². The Morgan fingerprint density at radius 3 is 2.68 bits per heavy atom.